The van der Waals surface area contributed by atoms with Crippen molar-refractivity contribution in [1.82, 2.24) is 0 Å². The first-order valence-electron chi connectivity index (χ1n) is 3.89. The van der Waals surface area contributed by atoms with Crippen molar-refractivity contribution in [1.29, 1.82) is 0 Å². The van der Waals surface area contributed by atoms with E-state index < -0.39 is 23.2 Å². The van der Waals surface area contributed by atoms with Gasteiger partial charge in [0, 0.05) is 6.07 Å². The van der Waals surface area contributed by atoms with Crippen molar-refractivity contribution in [3.63, 3.8) is 0 Å². The molecular weight excluding hydrogens is 205 g/mol. The highest BCUT2D eigenvalue weighted by Gasteiger charge is 2.17. The lowest BCUT2D eigenvalue weighted by Gasteiger charge is -2.03. The number of rotatable bonds is 3. The number of phenolic OH excluding ortho intramolecular Hbond substituents is 1. The van der Waals surface area contributed by atoms with Crippen LogP contribution in [0.25, 0.3) is 0 Å². The highest BCUT2D eigenvalue weighted by molar-refractivity contribution is 6.43. The molecule has 80 valence electrons. The van der Waals surface area contributed by atoms with Crippen molar-refractivity contribution >= 4 is 11.7 Å². The summed E-state index contributed by atoms with van der Waals surface area (Å²) in [4.78, 5) is 15.0. The number of hydrogen-bond donors (Lipinski definition) is 2. The van der Waals surface area contributed by atoms with Crippen molar-refractivity contribution in [2.75, 3.05) is 7.11 Å². The number of carboxylic acid groups (broad SMARTS) is 1. The van der Waals surface area contributed by atoms with E-state index in [2.05, 4.69) is 9.99 Å². The second-order valence-corrected chi connectivity index (χ2v) is 2.59. The van der Waals surface area contributed by atoms with Gasteiger partial charge in [-0.15, -0.1) is 0 Å². The van der Waals surface area contributed by atoms with Crippen LogP contribution in [-0.4, -0.2) is 29.0 Å². The van der Waals surface area contributed by atoms with Gasteiger partial charge < -0.3 is 15.1 Å². The van der Waals surface area contributed by atoms with Crippen LogP contribution in [0.1, 0.15) is 5.56 Å². The SMILES string of the molecule is CON=C(C(=O)O)c1ccc(F)cc1O. The number of benzene rings is 1. The molecule has 0 amide bonds. The number of phenols is 1. The zero-order valence-electron chi connectivity index (χ0n) is 7.77. The Kier molecular flexibility index (Phi) is 3.22. The molecule has 0 saturated carbocycles. The van der Waals surface area contributed by atoms with Crippen LogP contribution in [0.3, 0.4) is 0 Å². The first-order valence-corrected chi connectivity index (χ1v) is 3.89. The van der Waals surface area contributed by atoms with Crippen molar-refractivity contribution in [2.45, 2.75) is 0 Å². The molecule has 0 aromatic heterocycles. The molecule has 0 atom stereocenters. The summed E-state index contributed by atoms with van der Waals surface area (Å²) in [6.45, 7) is 0. The van der Waals surface area contributed by atoms with E-state index in [4.69, 9.17) is 5.11 Å². The fourth-order valence-corrected chi connectivity index (χ4v) is 1.000. The highest BCUT2D eigenvalue weighted by atomic mass is 19.1. The Morgan fingerprint density at radius 1 is 1.53 bits per heavy atom. The van der Waals surface area contributed by atoms with Crippen LogP contribution in [0, 0.1) is 5.82 Å². The maximum atomic E-state index is 12.6. The smallest absolute Gasteiger partial charge is 0.358 e. The van der Waals surface area contributed by atoms with Crippen molar-refractivity contribution in [3.05, 3.63) is 29.6 Å². The van der Waals surface area contributed by atoms with Crippen molar-refractivity contribution in [2.24, 2.45) is 5.16 Å². The minimum atomic E-state index is -1.38. The number of oxime groups is 1. The van der Waals surface area contributed by atoms with Crippen LogP contribution >= 0.6 is 0 Å². The molecule has 0 fully saturated rings. The predicted molar refractivity (Wildman–Crippen MR) is 49.2 cm³/mol. The number of aromatic hydroxyl groups is 1. The lowest BCUT2D eigenvalue weighted by Crippen LogP contribution is -2.15. The van der Waals surface area contributed by atoms with Gasteiger partial charge in [0.2, 0.25) is 0 Å². The van der Waals surface area contributed by atoms with E-state index in [1.54, 1.807) is 0 Å². The van der Waals surface area contributed by atoms with E-state index in [1.165, 1.54) is 7.11 Å². The molecule has 2 N–H and O–H groups in total. The summed E-state index contributed by atoms with van der Waals surface area (Å²) in [6.07, 6.45) is 0. The maximum absolute atomic E-state index is 12.6. The van der Waals surface area contributed by atoms with E-state index in [9.17, 15) is 14.3 Å². The molecule has 15 heavy (non-hydrogen) atoms. The summed E-state index contributed by atoms with van der Waals surface area (Å²) in [5.41, 5.74) is -0.597. The fourth-order valence-electron chi connectivity index (χ4n) is 1.000. The molecule has 0 saturated heterocycles. The molecule has 6 heteroatoms. The standard InChI is InChI=1S/C9H8FNO4/c1-15-11-8(9(13)14)6-3-2-5(10)4-7(6)12/h2-4,12H,1H3,(H,13,14). The monoisotopic (exact) mass is 213 g/mol. The van der Waals surface area contributed by atoms with E-state index in [0.717, 1.165) is 18.2 Å². The van der Waals surface area contributed by atoms with Crippen LogP contribution in [0.15, 0.2) is 23.4 Å². The Labute approximate surface area is 84.4 Å². The summed E-state index contributed by atoms with van der Waals surface area (Å²) in [6, 6.07) is 2.92. The molecule has 1 rings (SSSR count). The number of carbonyl (C=O) groups is 1. The fraction of sp³-hybridized carbons (Fsp3) is 0.111. The lowest BCUT2D eigenvalue weighted by molar-refractivity contribution is -0.129. The molecule has 0 aliphatic heterocycles. The summed E-state index contributed by atoms with van der Waals surface area (Å²) in [5.74, 6) is -2.55. The molecule has 0 aliphatic carbocycles. The molecule has 0 bridgehead atoms. The van der Waals surface area contributed by atoms with E-state index >= 15 is 0 Å². The zero-order valence-corrected chi connectivity index (χ0v) is 7.77. The Hall–Kier alpha value is -2.11. The lowest BCUT2D eigenvalue weighted by atomic mass is 10.1. The van der Waals surface area contributed by atoms with Gasteiger partial charge in [0.1, 0.15) is 18.7 Å². The quantitative estimate of drug-likeness (QED) is 0.579. The van der Waals surface area contributed by atoms with Gasteiger partial charge in [0.05, 0.1) is 5.56 Å². The molecule has 5 nitrogen and oxygen atoms in total. The minimum absolute atomic E-state index is 0.106. The van der Waals surface area contributed by atoms with Gasteiger partial charge in [-0.25, -0.2) is 9.18 Å². The van der Waals surface area contributed by atoms with Crippen molar-refractivity contribution in [3.8, 4) is 5.75 Å². The molecule has 0 heterocycles. The maximum Gasteiger partial charge on any atom is 0.358 e. The first-order chi connectivity index (χ1) is 7.06. The van der Waals surface area contributed by atoms with E-state index in [-0.39, 0.29) is 5.56 Å². The first kappa shape index (κ1) is 11.0. The summed E-state index contributed by atoms with van der Waals surface area (Å²) in [7, 11) is 1.17. The van der Waals surface area contributed by atoms with Gasteiger partial charge in [0.15, 0.2) is 5.71 Å². The van der Waals surface area contributed by atoms with E-state index in [1.807, 2.05) is 0 Å². The topological polar surface area (TPSA) is 79.1 Å². The Morgan fingerprint density at radius 2 is 2.20 bits per heavy atom. The second-order valence-electron chi connectivity index (χ2n) is 2.59. The number of hydrogen-bond acceptors (Lipinski definition) is 4. The summed E-state index contributed by atoms with van der Waals surface area (Å²) >= 11 is 0. The second kappa shape index (κ2) is 4.41. The summed E-state index contributed by atoms with van der Waals surface area (Å²) in [5, 5.41) is 21.3. The average molecular weight is 213 g/mol. The third kappa shape index (κ3) is 2.43. The largest absolute Gasteiger partial charge is 0.507 e. The summed E-state index contributed by atoms with van der Waals surface area (Å²) < 4.78 is 12.6. The normalized spacial score (nSPS) is 11.2. The number of carboxylic acids is 1. The Bertz CT molecular complexity index is 417. The zero-order chi connectivity index (χ0) is 11.4. The van der Waals surface area contributed by atoms with Gasteiger partial charge in [-0.3, -0.25) is 0 Å². The molecular formula is C9H8FNO4. The molecule has 0 aliphatic rings. The van der Waals surface area contributed by atoms with Crippen LogP contribution < -0.4 is 0 Å². The molecule has 1 aromatic rings. The average Bonchev–Trinajstić information content (AvgIpc) is 2.15. The van der Waals surface area contributed by atoms with Crippen LogP contribution in [0.4, 0.5) is 4.39 Å². The van der Waals surface area contributed by atoms with Crippen LogP contribution in [-0.2, 0) is 9.63 Å². The highest BCUT2D eigenvalue weighted by Crippen LogP contribution is 2.19. The Morgan fingerprint density at radius 3 is 2.67 bits per heavy atom. The van der Waals surface area contributed by atoms with Crippen molar-refractivity contribution < 1.29 is 24.2 Å². The van der Waals surface area contributed by atoms with Crippen LogP contribution in [0.5, 0.6) is 5.75 Å². The van der Waals surface area contributed by atoms with Gasteiger partial charge >= 0.3 is 5.97 Å². The van der Waals surface area contributed by atoms with Gasteiger partial charge in [0.25, 0.3) is 0 Å². The Balaban J connectivity index is 3.24. The molecule has 0 unspecified atom stereocenters. The minimum Gasteiger partial charge on any atom is -0.507 e. The van der Waals surface area contributed by atoms with Crippen LogP contribution in [0.2, 0.25) is 0 Å². The van der Waals surface area contributed by atoms with Gasteiger partial charge in [-0.1, -0.05) is 5.16 Å². The third-order valence-electron chi connectivity index (χ3n) is 1.60. The van der Waals surface area contributed by atoms with Gasteiger partial charge in [-0.2, -0.15) is 0 Å². The van der Waals surface area contributed by atoms with E-state index in [0.29, 0.717) is 0 Å². The number of aliphatic carboxylic acids is 1. The third-order valence-corrected chi connectivity index (χ3v) is 1.60. The predicted octanol–water partition coefficient (Wildman–Crippen LogP) is 0.966. The molecule has 0 spiro atoms. The molecule has 0 radical (unpaired) electrons. The number of halogens is 1. The molecule has 1 aromatic carbocycles. The number of nitrogens with zero attached hydrogens (tertiary/aromatic N) is 1. The van der Waals surface area contributed by atoms with Gasteiger partial charge in [-0.05, 0) is 12.1 Å².